The van der Waals surface area contributed by atoms with Crippen molar-refractivity contribution in [2.75, 3.05) is 19.7 Å². The number of nitrogens with one attached hydrogen (secondary N) is 1. The van der Waals surface area contributed by atoms with Crippen LogP contribution >= 0.6 is 0 Å². The van der Waals surface area contributed by atoms with Crippen LogP contribution in [0.4, 0.5) is 0 Å². The zero-order chi connectivity index (χ0) is 19.9. The topological polar surface area (TPSA) is 102 Å². The molecule has 0 saturated heterocycles. The van der Waals surface area contributed by atoms with Crippen LogP contribution < -0.4 is 14.8 Å². The number of para-hydroxylation sites is 2. The molecule has 4 rings (SSSR count). The molecule has 146 valence electrons. The highest BCUT2D eigenvalue weighted by molar-refractivity contribution is 7.89. The largest absolute Gasteiger partial charge is 0.486 e. The lowest BCUT2D eigenvalue weighted by Crippen LogP contribution is -2.43. The first kappa shape index (κ1) is 18.5. The Hall–Kier alpha value is -2.91. The maximum atomic E-state index is 13.1. The summed E-state index contributed by atoms with van der Waals surface area (Å²) < 4.78 is 38.9. The van der Waals surface area contributed by atoms with Gasteiger partial charge >= 0.3 is 0 Å². The van der Waals surface area contributed by atoms with Crippen molar-refractivity contribution < 1.29 is 27.5 Å². The Morgan fingerprint density at radius 1 is 1.07 bits per heavy atom. The van der Waals surface area contributed by atoms with Gasteiger partial charge in [-0.05, 0) is 30.3 Å². The number of ether oxygens (including phenoxy) is 2. The van der Waals surface area contributed by atoms with Crippen LogP contribution in [0.15, 0.2) is 47.4 Å². The van der Waals surface area contributed by atoms with E-state index in [2.05, 4.69) is 5.32 Å². The quantitative estimate of drug-likeness (QED) is 0.759. The molecule has 2 aliphatic rings. The fourth-order valence-electron chi connectivity index (χ4n) is 3.23. The maximum Gasteiger partial charge on any atom is 0.258 e. The van der Waals surface area contributed by atoms with E-state index in [1.165, 1.54) is 22.5 Å². The lowest BCUT2D eigenvalue weighted by atomic mass is 10.1. The number of fused-ring (bicyclic) bond motifs is 2. The molecule has 2 heterocycles. The molecular formula is C19H18N2O6S. The van der Waals surface area contributed by atoms with Gasteiger partial charge in [-0.3, -0.25) is 14.9 Å². The number of amides is 2. The number of hydrogen-bond acceptors (Lipinski definition) is 6. The normalized spacial score (nSPS) is 18.1. The van der Waals surface area contributed by atoms with Crippen LogP contribution in [0.2, 0.25) is 0 Å². The van der Waals surface area contributed by atoms with Crippen molar-refractivity contribution in [2.24, 2.45) is 0 Å². The van der Waals surface area contributed by atoms with Crippen molar-refractivity contribution >= 4 is 21.8 Å². The fourth-order valence-corrected chi connectivity index (χ4v) is 4.74. The highest BCUT2D eigenvalue weighted by Gasteiger charge is 2.33. The third kappa shape index (κ3) is 3.12. The van der Waals surface area contributed by atoms with Crippen LogP contribution in [0.1, 0.15) is 27.6 Å². The molecule has 0 bridgehead atoms. The molecule has 1 unspecified atom stereocenters. The first-order chi connectivity index (χ1) is 13.4. The molecule has 2 aromatic carbocycles. The van der Waals surface area contributed by atoms with E-state index in [0.717, 1.165) is 0 Å². The molecule has 28 heavy (non-hydrogen) atoms. The van der Waals surface area contributed by atoms with E-state index in [4.69, 9.17) is 9.47 Å². The van der Waals surface area contributed by atoms with Crippen LogP contribution in [0.3, 0.4) is 0 Å². The summed E-state index contributed by atoms with van der Waals surface area (Å²) in [5.74, 6) is 0.0716. The molecule has 9 heteroatoms. The first-order valence-electron chi connectivity index (χ1n) is 8.78. The van der Waals surface area contributed by atoms with Gasteiger partial charge in [0.25, 0.3) is 11.8 Å². The highest BCUT2D eigenvalue weighted by atomic mass is 32.2. The summed E-state index contributed by atoms with van der Waals surface area (Å²) in [6, 6.07) is 11.1. The number of hydrogen-bond donors (Lipinski definition) is 1. The Morgan fingerprint density at radius 2 is 1.79 bits per heavy atom. The summed E-state index contributed by atoms with van der Waals surface area (Å²) in [5.41, 5.74) is 0.237. The molecule has 1 N–H and O–H groups in total. The third-order valence-corrected chi connectivity index (χ3v) is 6.61. The summed E-state index contributed by atoms with van der Waals surface area (Å²) in [5, 5.41) is 2.16. The van der Waals surface area contributed by atoms with Gasteiger partial charge in [0.15, 0.2) is 11.5 Å². The lowest BCUT2D eigenvalue weighted by Gasteiger charge is -2.30. The molecule has 8 nitrogen and oxygen atoms in total. The van der Waals surface area contributed by atoms with Gasteiger partial charge in [0.2, 0.25) is 10.0 Å². The molecule has 0 aliphatic carbocycles. The maximum absolute atomic E-state index is 13.1. The molecule has 1 atom stereocenters. The van der Waals surface area contributed by atoms with Crippen molar-refractivity contribution in [3.8, 4) is 11.5 Å². The van der Waals surface area contributed by atoms with Crippen LogP contribution in [0.5, 0.6) is 11.5 Å². The Labute approximate surface area is 162 Å². The van der Waals surface area contributed by atoms with Crippen LogP contribution in [-0.4, -0.2) is 50.3 Å². The van der Waals surface area contributed by atoms with E-state index in [0.29, 0.717) is 11.5 Å². The van der Waals surface area contributed by atoms with Gasteiger partial charge in [0, 0.05) is 6.54 Å². The van der Waals surface area contributed by atoms with E-state index < -0.39 is 27.9 Å². The molecule has 0 saturated carbocycles. The van der Waals surface area contributed by atoms with Gasteiger partial charge in [-0.2, -0.15) is 4.31 Å². The average Bonchev–Trinajstić information content (AvgIpc) is 2.99. The standard InChI is InChI=1S/C19H18N2O6S/c1-2-21(10-12-11-26-16-5-3-4-6-17(16)27-12)28(24,25)13-7-8-14-15(9-13)19(23)20-18(14)22/h3-9,12H,2,10-11H2,1H3,(H,20,22,23). The summed E-state index contributed by atoms with van der Waals surface area (Å²) >= 11 is 0. The number of nitrogens with zero attached hydrogens (tertiary/aromatic N) is 1. The molecule has 0 radical (unpaired) electrons. The fraction of sp³-hybridized carbons (Fsp3) is 0.263. The predicted octanol–water partition coefficient (Wildman–Crippen LogP) is 1.42. The van der Waals surface area contributed by atoms with E-state index >= 15 is 0 Å². The highest BCUT2D eigenvalue weighted by Crippen LogP contribution is 2.31. The Balaban J connectivity index is 1.57. The van der Waals surface area contributed by atoms with E-state index in [1.54, 1.807) is 19.1 Å². The second-order valence-corrected chi connectivity index (χ2v) is 8.38. The molecule has 0 fully saturated rings. The van der Waals surface area contributed by atoms with E-state index in [9.17, 15) is 18.0 Å². The minimum Gasteiger partial charge on any atom is -0.486 e. The van der Waals surface area contributed by atoms with Crippen LogP contribution in [-0.2, 0) is 10.0 Å². The van der Waals surface area contributed by atoms with Gasteiger partial charge in [-0.25, -0.2) is 8.42 Å². The smallest absolute Gasteiger partial charge is 0.258 e. The minimum atomic E-state index is -3.88. The van der Waals surface area contributed by atoms with Crippen molar-refractivity contribution in [1.29, 1.82) is 0 Å². The Bertz CT molecular complexity index is 1070. The second kappa shape index (κ2) is 6.92. The number of rotatable bonds is 5. The third-order valence-electron chi connectivity index (χ3n) is 4.67. The van der Waals surface area contributed by atoms with Crippen molar-refractivity contribution in [2.45, 2.75) is 17.9 Å². The minimum absolute atomic E-state index is 0.0462. The van der Waals surface area contributed by atoms with Gasteiger partial charge in [0.1, 0.15) is 12.7 Å². The van der Waals surface area contributed by atoms with Crippen molar-refractivity contribution in [1.82, 2.24) is 9.62 Å². The second-order valence-electron chi connectivity index (χ2n) is 6.44. The number of imide groups is 1. The molecule has 2 aliphatic heterocycles. The predicted molar refractivity (Wildman–Crippen MR) is 99.0 cm³/mol. The van der Waals surface area contributed by atoms with Gasteiger partial charge in [-0.1, -0.05) is 19.1 Å². The number of carbonyl (C=O) groups excluding carboxylic acids is 2. The molecule has 2 aromatic rings. The number of likely N-dealkylation sites (N-methyl/N-ethyl adjacent to an activating group) is 1. The molecule has 2 amide bonds. The first-order valence-corrected chi connectivity index (χ1v) is 10.2. The zero-order valence-electron chi connectivity index (χ0n) is 15.0. The summed E-state index contributed by atoms with van der Waals surface area (Å²) in [6.45, 7) is 2.25. The van der Waals surface area contributed by atoms with Crippen molar-refractivity contribution in [3.63, 3.8) is 0 Å². The number of benzene rings is 2. The van der Waals surface area contributed by atoms with Crippen LogP contribution in [0.25, 0.3) is 0 Å². The Kier molecular flexibility index (Phi) is 4.56. The van der Waals surface area contributed by atoms with E-state index in [-0.39, 0.29) is 35.7 Å². The average molecular weight is 402 g/mol. The summed E-state index contributed by atoms with van der Waals surface area (Å²) in [7, 11) is -3.88. The van der Waals surface area contributed by atoms with E-state index in [1.807, 2.05) is 12.1 Å². The Morgan fingerprint density at radius 3 is 2.54 bits per heavy atom. The number of sulfonamides is 1. The van der Waals surface area contributed by atoms with Crippen LogP contribution in [0, 0.1) is 0 Å². The zero-order valence-corrected chi connectivity index (χ0v) is 15.9. The van der Waals surface area contributed by atoms with Crippen molar-refractivity contribution in [3.05, 3.63) is 53.6 Å². The summed E-state index contributed by atoms with van der Waals surface area (Å²) in [6.07, 6.45) is -0.469. The monoisotopic (exact) mass is 402 g/mol. The lowest BCUT2D eigenvalue weighted by molar-refractivity contribution is 0.0771. The molecular weight excluding hydrogens is 384 g/mol. The van der Waals surface area contributed by atoms with Gasteiger partial charge in [0.05, 0.1) is 22.6 Å². The SMILES string of the molecule is CCN(CC1COc2ccccc2O1)S(=O)(=O)c1ccc2c(c1)C(=O)NC2=O. The van der Waals surface area contributed by atoms with Gasteiger partial charge < -0.3 is 9.47 Å². The number of carbonyl (C=O) groups is 2. The molecule has 0 spiro atoms. The van der Waals surface area contributed by atoms with Gasteiger partial charge in [-0.15, -0.1) is 0 Å². The molecule has 0 aromatic heterocycles. The summed E-state index contributed by atoms with van der Waals surface area (Å²) in [4.78, 5) is 23.5.